The third-order valence-electron chi connectivity index (χ3n) is 5.12. The van der Waals surface area contributed by atoms with Crippen molar-refractivity contribution in [3.63, 3.8) is 0 Å². The molecular weight excluding hydrogens is 444 g/mol. The van der Waals surface area contributed by atoms with Gasteiger partial charge in [-0.25, -0.2) is 8.42 Å². The molecule has 3 aromatic rings. The number of hydrogen-bond acceptors (Lipinski definition) is 3. The number of halogens is 1. The Hall–Kier alpha value is -2.83. The van der Waals surface area contributed by atoms with Crippen LogP contribution in [-0.4, -0.2) is 27.4 Å². The molecule has 0 aliphatic rings. The number of aryl methyl sites for hydroxylation is 3. The molecule has 32 heavy (non-hydrogen) atoms. The van der Waals surface area contributed by atoms with E-state index in [1.54, 1.807) is 24.3 Å². The Labute approximate surface area is 195 Å². The molecule has 0 aliphatic heterocycles. The highest BCUT2D eigenvalue weighted by Gasteiger charge is 2.28. The van der Waals surface area contributed by atoms with E-state index in [2.05, 4.69) is 5.32 Å². The molecule has 5 nitrogen and oxygen atoms in total. The zero-order valence-electron chi connectivity index (χ0n) is 18.2. The van der Waals surface area contributed by atoms with Crippen LogP contribution in [0.25, 0.3) is 0 Å². The van der Waals surface area contributed by atoms with Crippen LogP contribution in [0.1, 0.15) is 23.1 Å². The Balaban J connectivity index is 1.72. The first-order valence-corrected chi connectivity index (χ1v) is 12.3. The van der Waals surface area contributed by atoms with E-state index in [1.165, 1.54) is 16.4 Å². The van der Waals surface area contributed by atoms with Crippen molar-refractivity contribution in [1.82, 2.24) is 5.32 Å². The first kappa shape index (κ1) is 23.8. The second kappa shape index (κ2) is 10.7. The maximum absolute atomic E-state index is 13.4. The summed E-state index contributed by atoms with van der Waals surface area (Å²) in [6, 6.07) is 21.3. The zero-order chi connectivity index (χ0) is 23.1. The Kier molecular flexibility index (Phi) is 7.94. The van der Waals surface area contributed by atoms with Crippen molar-refractivity contribution in [3.8, 4) is 0 Å². The van der Waals surface area contributed by atoms with E-state index in [0.29, 0.717) is 17.3 Å². The van der Waals surface area contributed by atoms with Crippen LogP contribution in [0.15, 0.2) is 77.7 Å². The van der Waals surface area contributed by atoms with E-state index in [-0.39, 0.29) is 17.3 Å². The molecule has 1 amide bonds. The van der Waals surface area contributed by atoms with Gasteiger partial charge in [-0.1, -0.05) is 59.6 Å². The third-order valence-corrected chi connectivity index (χ3v) is 7.14. The number of nitrogens with one attached hydrogen (secondary N) is 1. The number of sulfonamides is 1. The quantitative estimate of drug-likeness (QED) is 0.452. The number of benzene rings is 3. The molecule has 0 saturated carbocycles. The minimum atomic E-state index is -3.90. The average molecular weight is 471 g/mol. The fourth-order valence-corrected chi connectivity index (χ4v) is 5.09. The molecule has 1 N–H and O–H groups in total. The molecule has 0 aromatic heterocycles. The predicted octanol–water partition coefficient (Wildman–Crippen LogP) is 4.90. The number of anilines is 1. The predicted molar refractivity (Wildman–Crippen MR) is 130 cm³/mol. The highest BCUT2D eigenvalue weighted by atomic mass is 35.5. The van der Waals surface area contributed by atoms with Crippen LogP contribution in [-0.2, 0) is 21.2 Å². The summed E-state index contributed by atoms with van der Waals surface area (Å²) in [6.45, 7) is 3.95. The van der Waals surface area contributed by atoms with Crippen LogP contribution in [0.5, 0.6) is 0 Å². The molecule has 0 radical (unpaired) electrons. The first-order chi connectivity index (χ1) is 15.3. The molecular formula is C25H27ClN2O3S. The molecule has 7 heteroatoms. The normalized spacial score (nSPS) is 11.2. The molecule has 0 saturated heterocycles. The molecule has 0 spiro atoms. The number of carbonyl (C=O) groups is 1. The summed E-state index contributed by atoms with van der Waals surface area (Å²) in [7, 11) is -3.90. The van der Waals surface area contributed by atoms with Crippen molar-refractivity contribution in [1.29, 1.82) is 0 Å². The average Bonchev–Trinajstić information content (AvgIpc) is 2.77. The summed E-state index contributed by atoms with van der Waals surface area (Å²) >= 11 is 5.90. The Bertz CT molecular complexity index is 1160. The third kappa shape index (κ3) is 6.11. The molecule has 168 valence electrons. The Morgan fingerprint density at radius 2 is 1.66 bits per heavy atom. The van der Waals surface area contributed by atoms with E-state index in [0.717, 1.165) is 29.5 Å². The number of hydrogen-bond donors (Lipinski definition) is 1. The lowest BCUT2D eigenvalue weighted by molar-refractivity contribution is -0.119. The van der Waals surface area contributed by atoms with Gasteiger partial charge in [0.2, 0.25) is 5.91 Å². The highest BCUT2D eigenvalue weighted by molar-refractivity contribution is 7.92. The standard InChI is InChI=1S/C25H27ClN2O3S/c1-19-10-15-24(20(2)17-19)28(32(30,31)23-8-4-3-5-9-23)18-25(29)27-16-6-7-21-11-13-22(26)14-12-21/h3-5,8-15,17H,6-7,16,18H2,1-2H3,(H,27,29). The van der Waals surface area contributed by atoms with Gasteiger partial charge in [0, 0.05) is 11.6 Å². The van der Waals surface area contributed by atoms with Crippen molar-refractivity contribution in [2.75, 3.05) is 17.4 Å². The van der Waals surface area contributed by atoms with Crippen molar-refractivity contribution >= 4 is 33.2 Å². The monoisotopic (exact) mass is 470 g/mol. The Morgan fingerprint density at radius 3 is 2.31 bits per heavy atom. The van der Waals surface area contributed by atoms with Crippen LogP contribution in [0.4, 0.5) is 5.69 Å². The van der Waals surface area contributed by atoms with Gasteiger partial charge in [0.25, 0.3) is 10.0 Å². The second-order valence-corrected chi connectivity index (χ2v) is 9.99. The smallest absolute Gasteiger partial charge is 0.264 e. The molecule has 0 bridgehead atoms. The van der Waals surface area contributed by atoms with Gasteiger partial charge in [-0.2, -0.15) is 0 Å². The second-order valence-electron chi connectivity index (χ2n) is 7.69. The van der Waals surface area contributed by atoms with Crippen LogP contribution >= 0.6 is 11.6 Å². The lowest BCUT2D eigenvalue weighted by Crippen LogP contribution is -2.41. The zero-order valence-corrected chi connectivity index (χ0v) is 19.8. The van der Waals surface area contributed by atoms with Gasteiger partial charge in [0.05, 0.1) is 10.6 Å². The summed E-state index contributed by atoms with van der Waals surface area (Å²) in [6.07, 6.45) is 1.53. The van der Waals surface area contributed by atoms with Crippen LogP contribution in [0, 0.1) is 13.8 Å². The van der Waals surface area contributed by atoms with Gasteiger partial charge in [0.1, 0.15) is 6.54 Å². The largest absolute Gasteiger partial charge is 0.355 e. The number of rotatable bonds is 9. The van der Waals surface area contributed by atoms with Crippen molar-refractivity contribution < 1.29 is 13.2 Å². The summed E-state index contributed by atoms with van der Waals surface area (Å²) < 4.78 is 28.0. The molecule has 0 heterocycles. The first-order valence-electron chi connectivity index (χ1n) is 10.4. The van der Waals surface area contributed by atoms with Crippen LogP contribution in [0.3, 0.4) is 0 Å². The minimum absolute atomic E-state index is 0.149. The van der Waals surface area contributed by atoms with Crippen molar-refractivity contribution in [2.45, 2.75) is 31.6 Å². The summed E-state index contributed by atoms with van der Waals surface area (Å²) in [5, 5.41) is 3.54. The topological polar surface area (TPSA) is 66.5 Å². The van der Waals surface area contributed by atoms with Crippen LogP contribution in [0.2, 0.25) is 5.02 Å². The van der Waals surface area contributed by atoms with E-state index in [9.17, 15) is 13.2 Å². The molecule has 3 rings (SSSR count). The Morgan fingerprint density at radius 1 is 0.969 bits per heavy atom. The van der Waals surface area contributed by atoms with E-state index in [1.807, 2.05) is 50.2 Å². The highest BCUT2D eigenvalue weighted by Crippen LogP contribution is 2.27. The number of carbonyl (C=O) groups excluding carboxylic acids is 1. The van der Waals surface area contributed by atoms with Gasteiger partial charge in [-0.3, -0.25) is 9.10 Å². The van der Waals surface area contributed by atoms with Gasteiger partial charge in [-0.15, -0.1) is 0 Å². The van der Waals surface area contributed by atoms with Crippen LogP contribution < -0.4 is 9.62 Å². The summed E-state index contributed by atoms with van der Waals surface area (Å²) in [5.74, 6) is -0.347. The molecule has 0 aliphatic carbocycles. The molecule has 3 aromatic carbocycles. The number of nitrogens with zero attached hydrogens (tertiary/aromatic N) is 1. The van der Waals surface area contributed by atoms with E-state index >= 15 is 0 Å². The number of amides is 1. The minimum Gasteiger partial charge on any atom is -0.355 e. The van der Waals surface area contributed by atoms with Crippen molar-refractivity contribution in [2.24, 2.45) is 0 Å². The maximum atomic E-state index is 13.4. The van der Waals surface area contributed by atoms with Gasteiger partial charge < -0.3 is 5.32 Å². The SMILES string of the molecule is Cc1ccc(N(CC(=O)NCCCc2ccc(Cl)cc2)S(=O)(=O)c2ccccc2)c(C)c1. The van der Waals surface area contributed by atoms with E-state index < -0.39 is 10.0 Å². The van der Waals surface area contributed by atoms with E-state index in [4.69, 9.17) is 11.6 Å². The lowest BCUT2D eigenvalue weighted by atomic mass is 10.1. The fourth-order valence-electron chi connectivity index (χ4n) is 3.46. The molecule has 0 fully saturated rings. The van der Waals surface area contributed by atoms with Gasteiger partial charge in [0.15, 0.2) is 0 Å². The fraction of sp³-hybridized carbons (Fsp3) is 0.240. The maximum Gasteiger partial charge on any atom is 0.264 e. The molecule has 0 unspecified atom stereocenters. The summed E-state index contributed by atoms with van der Waals surface area (Å²) in [5.41, 5.74) is 3.44. The molecule has 0 atom stereocenters. The van der Waals surface area contributed by atoms with Gasteiger partial charge in [-0.05, 0) is 68.1 Å². The van der Waals surface area contributed by atoms with Gasteiger partial charge >= 0.3 is 0 Å². The van der Waals surface area contributed by atoms with Crippen molar-refractivity contribution in [3.05, 3.63) is 94.5 Å². The summed E-state index contributed by atoms with van der Waals surface area (Å²) in [4.78, 5) is 12.9. The lowest BCUT2D eigenvalue weighted by Gasteiger charge is -2.26.